The quantitative estimate of drug-likeness (QED) is 0.767. The maximum Gasteiger partial charge on any atom is 0.282 e. The summed E-state index contributed by atoms with van der Waals surface area (Å²) in [6, 6.07) is 6.24. The Morgan fingerprint density at radius 1 is 1.00 bits per heavy atom. The van der Waals surface area contributed by atoms with Crippen molar-refractivity contribution in [2.45, 2.75) is 18.7 Å². The average molecular weight is 354 g/mol. The Labute approximate surface area is 126 Å². The van der Waals surface area contributed by atoms with Crippen LogP contribution in [0.5, 0.6) is 0 Å². The van der Waals surface area contributed by atoms with Crippen LogP contribution >= 0.6 is 15.9 Å². The Balaban J connectivity index is 2.46. The topological polar surface area (TPSA) is 63.6 Å². The fraction of sp³-hybridized carbons (Fsp3) is 0.143. The molecule has 0 saturated carbocycles. The standard InChI is InChI=1S/C14H12BrNO3S/c1-9-8-14(17)10(2)7-13(9)16-20(18,19)12-5-3-11(15)4-6-12/h3-8H,1-2H3. The molecule has 0 aromatic heterocycles. The third-order valence-corrected chi connectivity index (χ3v) is 4.66. The summed E-state index contributed by atoms with van der Waals surface area (Å²) in [6.07, 6.45) is 2.89. The second kappa shape index (κ2) is 5.46. The lowest BCUT2D eigenvalue weighted by Crippen LogP contribution is -2.12. The van der Waals surface area contributed by atoms with Gasteiger partial charge in [0.1, 0.15) is 0 Å². The van der Waals surface area contributed by atoms with Gasteiger partial charge in [-0.15, -0.1) is 0 Å². The molecule has 0 saturated heterocycles. The zero-order chi connectivity index (χ0) is 14.9. The molecule has 0 N–H and O–H groups in total. The summed E-state index contributed by atoms with van der Waals surface area (Å²) in [5, 5.41) is 0. The number of carbonyl (C=O) groups excluding carboxylic acids is 1. The highest BCUT2D eigenvalue weighted by atomic mass is 79.9. The monoisotopic (exact) mass is 353 g/mol. The zero-order valence-corrected chi connectivity index (χ0v) is 13.3. The van der Waals surface area contributed by atoms with E-state index in [0.717, 1.165) is 4.47 Å². The molecule has 0 aliphatic heterocycles. The van der Waals surface area contributed by atoms with Crippen LogP contribution in [-0.2, 0) is 14.8 Å². The number of nitrogens with zero attached hydrogens (tertiary/aromatic N) is 1. The van der Waals surface area contributed by atoms with Gasteiger partial charge in [-0.2, -0.15) is 12.8 Å². The molecule has 4 nitrogen and oxygen atoms in total. The number of rotatable bonds is 2. The number of carbonyl (C=O) groups is 1. The van der Waals surface area contributed by atoms with E-state index in [1.807, 2.05) is 0 Å². The van der Waals surface area contributed by atoms with Gasteiger partial charge in [-0.1, -0.05) is 15.9 Å². The third-order valence-electron chi connectivity index (χ3n) is 2.82. The number of ketones is 1. The van der Waals surface area contributed by atoms with Crippen LogP contribution in [0.2, 0.25) is 0 Å². The maximum absolute atomic E-state index is 12.2. The van der Waals surface area contributed by atoms with Crippen molar-refractivity contribution in [3.8, 4) is 0 Å². The number of benzene rings is 1. The number of allylic oxidation sites excluding steroid dienone is 4. The molecule has 0 amide bonds. The fourth-order valence-electron chi connectivity index (χ4n) is 1.66. The van der Waals surface area contributed by atoms with E-state index in [4.69, 9.17) is 0 Å². The van der Waals surface area contributed by atoms with Gasteiger partial charge in [0.2, 0.25) is 0 Å². The average Bonchev–Trinajstić information content (AvgIpc) is 2.36. The molecule has 0 fully saturated rings. The molecule has 1 aromatic carbocycles. The van der Waals surface area contributed by atoms with Crippen molar-refractivity contribution in [1.82, 2.24) is 0 Å². The molecule has 0 spiro atoms. The van der Waals surface area contributed by atoms with E-state index >= 15 is 0 Å². The Morgan fingerprint density at radius 3 is 2.20 bits per heavy atom. The van der Waals surface area contributed by atoms with Gasteiger partial charge in [0.25, 0.3) is 10.0 Å². The van der Waals surface area contributed by atoms with Crippen LogP contribution < -0.4 is 0 Å². The predicted molar refractivity (Wildman–Crippen MR) is 81.3 cm³/mol. The fourth-order valence-corrected chi connectivity index (χ4v) is 2.97. The first-order valence-corrected chi connectivity index (χ1v) is 8.05. The Morgan fingerprint density at radius 2 is 1.60 bits per heavy atom. The largest absolute Gasteiger partial charge is 0.290 e. The molecule has 0 unspecified atom stereocenters. The van der Waals surface area contributed by atoms with Gasteiger partial charge in [0.15, 0.2) is 5.78 Å². The first kappa shape index (κ1) is 14.9. The minimum atomic E-state index is -3.78. The highest BCUT2D eigenvalue weighted by Gasteiger charge is 2.18. The summed E-state index contributed by atoms with van der Waals surface area (Å²) in [7, 11) is -3.78. The molecule has 1 aliphatic rings. The van der Waals surface area contributed by atoms with Crippen LogP contribution in [-0.4, -0.2) is 19.9 Å². The number of hydrogen-bond donors (Lipinski definition) is 0. The third kappa shape index (κ3) is 3.13. The molecule has 0 heterocycles. The second-order valence-corrected chi connectivity index (χ2v) is 6.94. The highest BCUT2D eigenvalue weighted by Crippen LogP contribution is 2.19. The van der Waals surface area contributed by atoms with Crippen LogP contribution in [0.25, 0.3) is 0 Å². The minimum absolute atomic E-state index is 0.115. The molecule has 1 aromatic rings. The molecule has 104 valence electrons. The summed E-state index contributed by atoms with van der Waals surface area (Å²) >= 11 is 3.25. The first-order chi connectivity index (χ1) is 9.29. The molecule has 6 heteroatoms. The van der Waals surface area contributed by atoms with Gasteiger partial charge >= 0.3 is 0 Å². The lowest BCUT2D eigenvalue weighted by molar-refractivity contribution is -0.111. The molecule has 2 rings (SSSR count). The van der Waals surface area contributed by atoms with E-state index in [9.17, 15) is 13.2 Å². The van der Waals surface area contributed by atoms with Gasteiger partial charge in [-0.25, -0.2) is 0 Å². The van der Waals surface area contributed by atoms with Crippen molar-refractivity contribution in [3.05, 3.63) is 52.0 Å². The number of halogens is 1. The van der Waals surface area contributed by atoms with Crippen molar-refractivity contribution < 1.29 is 13.2 Å². The van der Waals surface area contributed by atoms with Crippen LogP contribution in [0.4, 0.5) is 0 Å². The summed E-state index contributed by atoms with van der Waals surface area (Å²) in [4.78, 5) is 11.6. The highest BCUT2D eigenvalue weighted by molar-refractivity contribution is 9.10. The Hall–Kier alpha value is -1.53. The second-order valence-electron chi connectivity index (χ2n) is 4.42. The Kier molecular flexibility index (Phi) is 4.06. The van der Waals surface area contributed by atoms with Crippen LogP contribution in [0.3, 0.4) is 0 Å². The molecular formula is C14H12BrNO3S. The van der Waals surface area contributed by atoms with E-state index in [2.05, 4.69) is 20.3 Å². The van der Waals surface area contributed by atoms with E-state index in [0.29, 0.717) is 16.9 Å². The smallest absolute Gasteiger partial charge is 0.282 e. The van der Waals surface area contributed by atoms with Gasteiger partial charge < -0.3 is 0 Å². The van der Waals surface area contributed by atoms with Gasteiger partial charge in [0.05, 0.1) is 10.6 Å². The SMILES string of the molecule is CC1=CC(=NS(=O)(=O)c2ccc(Br)cc2)C(C)=CC1=O. The molecule has 1 aliphatic carbocycles. The lowest BCUT2D eigenvalue weighted by Gasteiger charge is -2.09. The van der Waals surface area contributed by atoms with Crippen LogP contribution in [0.15, 0.2) is 61.3 Å². The van der Waals surface area contributed by atoms with Crippen molar-refractivity contribution in [2.75, 3.05) is 0 Å². The lowest BCUT2D eigenvalue weighted by atomic mass is 9.99. The van der Waals surface area contributed by atoms with Gasteiger partial charge in [-0.3, -0.25) is 4.79 Å². The predicted octanol–water partition coefficient (Wildman–Crippen LogP) is 3.05. The van der Waals surface area contributed by atoms with Gasteiger partial charge in [0, 0.05) is 4.47 Å². The number of hydrogen-bond acceptors (Lipinski definition) is 3. The normalized spacial score (nSPS) is 17.9. The van der Waals surface area contributed by atoms with E-state index in [1.165, 1.54) is 24.3 Å². The summed E-state index contributed by atoms with van der Waals surface area (Å²) in [5.41, 5.74) is 1.31. The minimum Gasteiger partial charge on any atom is -0.290 e. The molecule has 20 heavy (non-hydrogen) atoms. The van der Waals surface area contributed by atoms with Crippen molar-refractivity contribution in [3.63, 3.8) is 0 Å². The first-order valence-electron chi connectivity index (χ1n) is 5.81. The van der Waals surface area contributed by atoms with E-state index < -0.39 is 10.0 Å². The molecule has 0 radical (unpaired) electrons. The molecule has 0 atom stereocenters. The van der Waals surface area contributed by atoms with E-state index in [-0.39, 0.29) is 10.7 Å². The van der Waals surface area contributed by atoms with Crippen molar-refractivity contribution in [2.24, 2.45) is 4.40 Å². The van der Waals surface area contributed by atoms with Crippen LogP contribution in [0.1, 0.15) is 13.8 Å². The summed E-state index contributed by atoms with van der Waals surface area (Å²) in [5.74, 6) is -0.123. The van der Waals surface area contributed by atoms with Crippen molar-refractivity contribution >= 4 is 37.4 Å². The summed E-state index contributed by atoms with van der Waals surface area (Å²) < 4.78 is 29.0. The van der Waals surface area contributed by atoms with E-state index in [1.54, 1.807) is 26.0 Å². The summed E-state index contributed by atoms with van der Waals surface area (Å²) in [6.45, 7) is 3.30. The molecule has 0 bridgehead atoms. The van der Waals surface area contributed by atoms with Gasteiger partial charge in [-0.05, 0) is 61.4 Å². The van der Waals surface area contributed by atoms with Crippen LogP contribution in [0, 0.1) is 0 Å². The maximum atomic E-state index is 12.2. The van der Waals surface area contributed by atoms with Crippen molar-refractivity contribution in [1.29, 1.82) is 0 Å². The Bertz CT molecular complexity index is 756. The molecular weight excluding hydrogens is 342 g/mol. The zero-order valence-electron chi connectivity index (χ0n) is 10.9. The number of sulfonamides is 1.